The summed E-state index contributed by atoms with van der Waals surface area (Å²) < 4.78 is 62.5. The fourth-order valence-corrected chi connectivity index (χ4v) is 2.52. The van der Waals surface area contributed by atoms with E-state index in [1.807, 2.05) is 0 Å². The molecular weight excluding hydrogens is 307 g/mol. The van der Waals surface area contributed by atoms with Crippen molar-refractivity contribution in [3.05, 3.63) is 23.5 Å². The molecule has 2 atom stereocenters. The van der Waals surface area contributed by atoms with Gasteiger partial charge in [-0.1, -0.05) is 0 Å². The van der Waals surface area contributed by atoms with Crippen molar-refractivity contribution in [1.82, 2.24) is 4.72 Å². The van der Waals surface area contributed by atoms with Crippen molar-refractivity contribution in [3.8, 4) is 11.5 Å². The lowest BCUT2D eigenvalue weighted by molar-refractivity contribution is -0.286. The minimum atomic E-state index is -3.79. The Bertz CT molecular complexity index is 548. The molecule has 1 aliphatic heterocycles. The third-order valence-electron chi connectivity index (χ3n) is 2.83. The van der Waals surface area contributed by atoms with Gasteiger partial charge in [-0.3, -0.25) is 0 Å². The summed E-state index contributed by atoms with van der Waals surface area (Å²) in [6.45, 7) is 6.88. The lowest BCUT2D eigenvalue weighted by Crippen LogP contribution is -2.40. The van der Waals surface area contributed by atoms with Gasteiger partial charge in [0, 0.05) is 23.0 Å². The first kappa shape index (κ1) is 16.3. The quantitative estimate of drug-likeness (QED) is 0.868. The summed E-state index contributed by atoms with van der Waals surface area (Å²) in [5.74, 6) is -1.34. The summed E-state index contributed by atoms with van der Waals surface area (Å²) in [5.41, 5.74) is 0.0765. The number of benzene rings is 1. The van der Waals surface area contributed by atoms with Crippen LogP contribution in [-0.4, -0.2) is 15.6 Å². The van der Waals surface area contributed by atoms with E-state index in [9.17, 15) is 17.7 Å². The van der Waals surface area contributed by atoms with Crippen LogP contribution in [0.5, 0.6) is 11.5 Å². The lowest BCUT2D eigenvalue weighted by atomic mass is 10.1. The van der Waals surface area contributed by atoms with Gasteiger partial charge in [-0.25, -0.2) is 4.39 Å². The molecule has 1 heterocycles. The Morgan fingerprint density at radius 1 is 1.24 bits per heavy atom. The van der Waals surface area contributed by atoms with E-state index in [2.05, 4.69) is 14.2 Å². The Balaban J connectivity index is 2.22. The van der Waals surface area contributed by atoms with Crippen molar-refractivity contribution in [2.24, 2.45) is 0 Å². The van der Waals surface area contributed by atoms with Gasteiger partial charge in [0.05, 0.1) is 6.04 Å². The number of hydrogen-bond donors (Lipinski definition) is 1. The van der Waals surface area contributed by atoms with E-state index in [1.54, 1.807) is 27.7 Å². The van der Waals surface area contributed by atoms with Gasteiger partial charge < -0.3 is 14.0 Å². The molecule has 21 heavy (non-hydrogen) atoms. The van der Waals surface area contributed by atoms with E-state index in [4.69, 9.17) is 0 Å². The average molecular weight is 323 g/mol. The lowest BCUT2D eigenvalue weighted by Gasteiger charge is -2.26. The Kier molecular flexibility index (Phi) is 4.07. The summed E-state index contributed by atoms with van der Waals surface area (Å²) in [5, 5.41) is 0. The largest absolute Gasteiger partial charge is 0.598 e. The maximum atomic E-state index is 14.0. The highest BCUT2D eigenvalue weighted by atomic mass is 32.2. The third kappa shape index (κ3) is 3.56. The zero-order valence-electron chi connectivity index (χ0n) is 12.0. The molecule has 0 aliphatic carbocycles. The normalized spacial score (nSPS) is 19.4. The summed E-state index contributed by atoms with van der Waals surface area (Å²) >= 11 is -1.43. The molecular formula is C13H16F3NO3S. The van der Waals surface area contributed by atoms with Crippen LogP contribution in [0.15, 0.2) is 12.1 Å². The molecule has 0 fully saturated rings. The van der Waals surface area contributed by atoms with E-state index >= 15 is 0 Å². The molecule has 0 amide bonds. The van der Waals surface area contributed by atoms with Crippen LogP contribution in [0.1, 0.15) is 39.3 Å². The third-order valence-corrected chi connectivity index (χ3v) is 4.51. The van der Waals surface area contributed by atoms with Crippen LogP contribution in [0.2, 0.25) is 0 Å². The van der Waals surface area contributed by atoms with Gasteiger partial charge in [-0.15, -0.1) is 13.5 Å². The maximum Gasteiger partial charge on any atom is 0.586 e. The number of hydrogen-bond acceptors (Lipinski definition) is 4. The van der Waals surface area contributed by atoms with Crippen molar-refractivity contribution in [2.45, 2.75) is 44.8 Å². The van der Waals surface area contributed by atoms with Crippen molar-refractivity contribution < 1.29 is 27.2 Å². The van der Waals surface area contributed by atoms with Gasteiger partial charge in [0.15, 0.2) is 11.5 Å². The summed E-state index contributed by atoms with van der Waals surface area (Å²) in [6.07, 6.45) is -3.79. The van der Waals surface area contributed by atoms with Gasteiger partial charge in [-0.2, -0.15) is 0 Å². The molecule has 2 unspecified atom stereocenters. The van der Waals surface area contributed by atoms with Crippen LogP contribution in [0.4, 0.5) is 13.2 Å². The molecule has 0 saturated heterocycles. The molecule has 1 aromatic carbocycles. The summed E-state index contributed by atoms with van der Waals surface area (Å²) in [7, 11) is 0. The molecule has 0 saturated carbocycles. The molecule has 0 spiro atoms. The van der Waals surface area contributed by atoms with Crippen LogP contribution in [0.3, 0.4) is 0 Å². The standard InChI is InChI=1S/C13H16F3NO3S/c1-7(17-21(18)12(2,3)4)8-5-10-11(6-9(8)14)20-13(15,16)19-10/h5-7,17H,1-4H3. The van der Waals surface area contributed by atoms with Gasteiger partial charge >= 0.3 is 6.29 Å². The predicted molar refractivity (Wildman–Crippen MR) is 72.0 cm³/mol. The Morgan fingerprint density at radius 3 is 2.29 bits per heavy atom. The second-order valence-corrected chi connectivity index (χ2v) is 7.71. The first-order valence-corrected chi connectivity index (χ1v) is 7.42. The van der Waals surface area contributed by atoms with E-state index in [1.165, 1.54) is 0 Å². The zero-order valence-corrected chi connectivity index (χ0v) is 12.8. The number of halogens is 3. The molecule has 0 radical (unpaired) electrons. The van der Waals surface area contributed by atoms with Crippen LogP contribution in [0, 0.1) is 5.82 Å². The number of rotatable bonds is 3. The van der Waals surface area contributed by atoms with Crippen molar-refractivity contribution in [3.63, 3.8) is 0 Å². The number of nitrogens with one attached hydrogen (secondary N) is 1. The number of fused-ring (bicyclic) bond motifs is 1. The van der Waals surface area contributed by atoms with Crippen LogP contribution < -0.4 is 14.2 Å². The summed E-state index contributed by atoms with van der Waals surface area (Å²) in [4.78, 5) is 0. The highest BCUT2D eigenvalue weighted by Gasteiger charge is 2.44. The fourth-order valence-electron chi connectivity index (χ4n) is 1.72. The molecule has 8 heteroatoms. The molecule has 1 N–H and O–H groups in total. The van der Waals surface area contributed by atoms with Crippen LogP contribution >= 0.6 is 0 Å². The fraction of sp³-hybridized carbons (Fsp3) is 0.538. The molecule has 4 nitrogen and oxygen atoms in total. The number of ether oxygens (including phenoxy) is 2. The second kappa shape index (κ2) is 5.26. The molecule has 118 valence electrons. The molecule has 2 rings (SSSR count). The molecule has 1 aliphatic rings. The number of alkyl halides is 2. The zero-order chi connectivity index (χ0) is 16.0. The van der Waals surface area contributed by atoms with Gasteiger partial charge in [0.2, 0.25) is 0 Å². The SMILES string of the molecule is CC(N[S+]([O-])C(C)(C)C)c1cc2c(cc1F)OC(F)(F)O2. The van der Waals surface area contributed by atoms with Crippen molar-refractivity contribution in [2.75, 3.05) is 0 Å². The first-order chi connectivity index (χ1) is 9.49. The minimum absolute atomic E-state index is 0.0765. The Morgan fingerprint density at radius 2 is 1.76 bits per heavy atom. The Labute approximate surface area is 123 Å². The monoisotopic (exact) mass is 323 g/mol. The first-order valence-electron chi connectivity index (χ1n) is 6.27. The van der Waals surface area contributed by atoms with Gasteiger partial charge in [-0.05, 0) is 33.8 Å². The van der Waals surface area contributed by atoms with Crippen molar-refractivity contribution in [1.29, 1.82) is 0 Å². The van der Waals surface area contributed by atoms with Crippen LogP contribution in [0.25, 0.3) is 0 Å². The summed E-state index contributed by atoms with van der Waals surface area (Å²) in [6, 6.07) is 1.32. The van der Waals surface area contributed by atoms with E-state index in [0.29, 0.717) is 0 Å². The minimum Gasteiger partial charge on any atom is -0.598 e. The molecule has 0 bridgehead atoms. The highest BCUT2D eigenvalue weighted by molar-refractivity contribution is 7.90. The van der Waals surface area contributed by atoms with Gasteiger partial charge in [0.25, 0.3) is 0 Å². The predicted octanol–water partition coefficient (Wildman–Crippen LogP) is 3.26. The van der Waals surface area contributed by atoms with Crippen LogP contribution in [-0.2, 0) is 11.4 Å². The molecule has 1 aromatic rings. The molecule has 0 aromatic heterocycles. The Hall–Kier alpha value is -1.12. The van der Waals surface area contributed by atoms with E-state index < -0.39 is 34.3 Å². The topological polar surface area (TPSA) is 53.5 Å². The van der Waals surface area contributed by atoms with Gasteiger partial charge in [0.1, 0.15) is 10.6 Å². The van der Waals surface area contributed by atoms with E-state index in [-0.39, 0.29) is 17.1 Å². The maximum absolute atomic E-state index is 14.0. The smallest absolute Gasteiger partial charge is 0.586 e. The second-order valence-electron chi connectivity index (χ2n) is 5.71. The highest BCUT2D eigenvalue weighted by Crippen LogP contribution is 2.43. The average Bonchev–Trinajstić information content (AvgIpc) is 2.59. The van der Waals surface area contributed by atoms with E-state index in [0.717, 1.165) is 12.1 Å². The van der Waals surface area contributed by atoms with Crippen molar-refractivity contribution >= 4 is 11.4 Å².